The minimum absolute atomic E-state index is 0.619. The highest BCUT2D eigenvalue weighted by atomic mass is 16.5. The van der Waals surface area contributed by atoms with Gasteiger partial charge in [0.25, 0.3) is 0 Å². The van der Waals surface area contributed by atoms with Crippen LogP contribution in [0.2, 0.25) is 0 Å². The van der Waals surface area contributed by atoms with E-state index < -0.39 is 0 Å². The van der Waals surface area contributed by atoms with Gasteiger partial charge in [-0.3, -0.25) is 4.90 Å². The Hall–Kier alpha value is -1.06. The monoisotopic (exact) mass is 262 g/mol. The molecule has 106 valence electrons. The molecule has 1 saturated heterocycles. The second-order valence-corrected chi connectivity index (χ2v) is 5.67. The Bertz CT molecular complexity index is 365. The van der Waals surface area contributed by atoms with Crippen molar-refractivity contribution in [3.05, 3.63) is 29.8 Å². The van der Waals surface area contributed by atoms with E-state index in [-0.39, 0.29) is 0 Å². The fourth-order valence-corrected chi connectivity index (χ4v) is 2.66. The third kappa shape index (κ3) is 4.51. The molecular weight excluding hydrogens is 236 g/mol. The SMILES string of the molecule is COc1ccc(CN2CCC(C)NC(C)CC2)cc1. The van der Waals surface area contributed by atoms with Crippen molar-refractivity contribution in [2.24, 2.45) is 0 Å². The number of hydrogen-bond acceptors (Lipinski definition) is 3. The summed E-state index contributed by atoms with van der Waals surface area (Å²) in [5, 5.41) is 3.64. The van der Waals surface area contributed by atoms with Crippen molar-refractivity contribution in [2.75, 3.05) is 20.2 Å². The van der Waals surface area contributed by atoms with E-state index in [4.69, 9.17) is 4.74 Å². The zero-order chi connectivity index (χ0) is 13.7. The van der Waals surface area contributed by atoms with Gasteiger partial charge in [0, 0.05) is 18.6 Å². The lowest BCUT2D eigenvalue weighted by molar-refractivity contribution is 0.212. The van der Waals surface area contributed by atoms with Crippen LogP contribution in [0.1, 0.15) is 32.3 Å². The van der Waals surface area contributed by atoms with Gasteiger partial charge in [-0.05, 0) is 57.5 Å². The van der Waals surface area contributed by atoms with Gasteiger partial charge in [0.2, 0.25) is 0 Å². The second-order valence-electron chi connectivity index (χ2n) is 5.67. The Morgan fingerprint density at radius 3 is 2.21 bits per heavy atom. The molecule has 0 spiro atoms. The zero-order valence-electron chi connectivity index (χ0n) is 12.4. The van der Waals surface area contributed by atoms with E-state index in [1.165, 1.54) is 31.5 Å². The number of nitrogens with zero attached hydrogens (tertiary/aromatic N) is 1. The molecule has 1 aliphatic rings. The number of benzene rings is 1. The average Bonchev–Trinajstić information content (AvgIpc) is 2.41. The molecule has 0 aliphatic carbocycles. The van der Waals surface area contributed by atoms with E-state index >= 15 is 0 Å². The van der Waals surface area contributed by atoms with Crippen LogP contribution in [0, 0.1) is 0 Å². The minimum Gasteiger partial charge on any atom is -0.497 e. The molecule has 1 aromatic rings. The van der Waals surface area contributed by atoms with E-state index in [0.717, 1.165) is 12.3 Å². The average molecular weight is 262 g/mol. The van der Waals surface area contributed by atoms with Crippen LogP contribution < -0.4 is 10.1 Å². The quantitative estimate of drug-likeness (QED) is 0.906. The lowest BCUT2D eigenvalue weighted by Gasteiger charge is -2.30. The summed E-state index contributed by atoms with van der Waals surface area (Å²) in [6.07, 6.45) is 2.45. The molecule has 0 amide bonds. The van der Waals surface area contributed by atoms with Crippen LogP contribution in [0.4, 0.5) is 0 Å². The lowest BCUT2D eigenvalue weighted by Crippen LogP contribution is -2.42. The van der Waals surface area contributed by atoms with Crippen LogP contribution in [0.5, 0.6) is 5.75 Å². The van der Waals surface area contributed by atoms with Crippen LogP contribution in [0.3, 0.4) is 0 Å². The van der Waals surface area contributed by atoms with E-state index in [0.29, 0.717) is 12.1 Å². The van der Waals surface area contributed by atoms with Gasteiger partial charge in [-0.15, -0.1) is 0 Å². The van der Waals surface area contributed by atoms with Crippen LogP contribution in [-0.4, -0.2) is 37.2 Å². The normalized spacial score (nSPS) is 25.6. The summed E-state index contributed by atoms with van der Waals surface area (Å²) >= 11 is 0. The Labute approximate surface area is 116 Å². The first-order chi connectivity index (χ1) is 9.17. The Morgan fingerprint density at radius 2 is 1.68 bits per heavy atom. The molecule has 3 nitrogen and oxygen atoms in total. The molecule has 2 unspecified atom stereocenters. The van der Waals surface area contributed by atoms with Gasteiger partial charge in [0.1, 0.15) is 5.75 Å². The molecule has 1 fully saturated rings. The van der Waals surface area contributed by atoms with E-state index in [1.54, 1.807) is 7.11 Å². The maximum absolute atomic E-state index is 5.20. The molecule has 2 atom stereocenters. The van der Waals surface area contributed by atoms with Gasteiger partial charge >= 0.3 is 0 Å². The van der Waals surface area contributed by atoms with Crippen molar-refractivity contribution in [3.63, 3.8) is 0 Å². The van der Waals surface area contributed by atoms with Crippen LogP contribution >= 0.6 is 0 Å². The first-order valence-corrected chi connectivity index (χ1v) is 7.28. The number of hydrogen-bond donors (Lipinski definition) is 1. The molecule has 0 radical (unpaired) electrons. The van der Waals surface area contributed by atoms with Crippen LogP contribution in [0.25, 0.3) is 0 Å². The maximum Gasteiger partial charge on any atom is 0.118 e. The third-order valence-electron chi connectivity index (χ3n) is 3.89. The van der Waals surface area contributed by atoms with Crippen LogP contribution in [0.15, 0.2) is 24.3 Å². The fraction of sp³-hybridized carbons (Fsp3) is 0.625. The van der Waals surface area contributed by atoms with Gasteiger partial charge in [-0.1, -0.05) is 12.1 Å². The standard InChI is InChI=1S/C16H26N2O/c1-13-8-10-18(11-9-14(2)17-13)12-15-4-6-16(19-3)7-5-15/h4-7,13-14,17H,8-12H2,1-3H3. The van der Waals surface area contributed by atoms with E-state index in [1.807, 2.05) is 12.1 Å². The largest absolute Gasteiger partial charge is 0.497 e. The number of nitrogens with one attached hydrogen (secondary N) is 1. The first-order valence-electron chi connectivity index (χ1n) is 7.28. The fourth-order valence-electron chi connectivity index (χ4n) is 2.66. The topological polar surface area (TPSA) is 24.5 Å². The molecule has 3 heteroatoms. The van der Waals surface area contributed by atoms with Gasteiger partial charge < -0.3 is 10.1 Å². The van der Waals surface area contributed by atoms with Crippen molar-refractivity contribution in [3.8, 4) is 5.75 Å². The molecule has 1 aliphatic heterocycles. The van der Waals surface area contributed by atoms with Gasteiger partial charge in [-0.25, -0.2) is 0 Å². The highest BCUT2D eigenvalue weighted by Crippen LogP contribution is 2.15. The lowest BCUT2D eigenvalue weighted by atomic mass is 10.1. The molecule has 1 aromatic carbocycles. The highest BCUT2D eigenvalue weighted by molar-refractivity contribution is 5.27. The molecular formula is C16H26N2O. The summed E-state index contributed by atoms with van der Waals surface area (Å²) in [5.74, 6) is 0.933. The van der Waals surface area contributed by atoms with Crippen molar-refractivity contribution in [2.45, 2.75) is 45.3 Å². The molecule has 1 N–H and O–H groups in total. The summed E-state index contributed by atoms with van der Waals surface area (Å²) in [7, 11) is 1.71. The Morgan fingerprint density at radius 1 is 1.11 bits per heavy atom. The summed E-state index contributed by atoms with van der Waals surface area (Å²) in [5.41, 5.74) is 1.37. The molecule has 2 rings (SSSR count). The van der Waals surface area contributed by atoms with E-state index in [2.05, 4.69) is 36.2 Å². The summed E-state index contributed by atoms with van der Waals surface area (Å²) in [6, 6.07) is 9.67. The zero-order valence-corrected chi connectivity index (χ0v) is 12.4. The van der Waals surface area contributed by atoms with Crippen LogP contribution in [-0.2, 0) is 6.54 Å². The van der Waals surface area contributed by atoms with Crippen molar-refractivity contribution in [1.29, 1.82) is 0 Å². The summed E-state index contributed by atoms with van der Waals surface area (Å²) < 4.78 is 5.20. The number of methoxy groups -OCH3 is 1. The Kier molecular flexibility index (Phi) is 5.23. The minimum atomic E-state index is 0.619. The van der Waals surface area contributed by atoms with E-state index in [9.17, 15) is 0 Å². The molecule has 0 bridgehead atoms. The van der Waals surface area contributed by atoms with Gasteiger partial charge in [0.05, 0.1) is 7.11 Å². The van der Waals surface area contributed by atoms with Crippen molar-refractivity contribution < 1.29 is 4.74 Å². The smallest absolute Gasteiger partial charge is 0.118 e. The molecule has 19 heavy (non-hydrogen) atoms. The predicted molar refractivity (Wildman–Crippen MR) is 79.6 cm³/mol. The van der Waals surface area contributed by atoms with Gasteiger partial charge in [-0.2, -0.15) is 0 Å². The summed E-state index contributed by atoms with van der Waals surface area (Å²) in [6.45, 7) is 7.96. The third-order valence-corrected chi connectivity index (χ3v) is 3.89. The molecule has 0 aromatic heterocycles. The second kappa shape index (κ2) is 6.92. The first kappa shape index (κ1) is 14.4. The highest BCUT2D eigenvalue weighted by Gasteiger charge is 2.15. The molecule has 1 heterocycles. The van der Waals surface area contributed by atoms with Crippen molar-refractivity contribution in [1.82, 2.24) is 10.2 Å². The number of rotatable bonds is 3. The van der Waals surface area contributed by atoms with Gasteiger partial charge in [0.15, 0.2) is 0 Å². The van der Waals surface area contributed by atoms with Crippen molar-refractivity contribution >= 4 is 0 Å². The maximum atomic E-state index is 5.20. The molecule has 0 saturated carbocycles. The summed E-state index contributed by atoms with van der Waals surface area (Å²) in [4.78, 5) is 2.57. The Balaban J connectivity index is 1.92. The predicted octanol–water partition coefficient (Wildman–Crippen LogP) is 2.66. The number of ether oxygens (including phenoxy) is 1.